The van der Waals surface area contributed by atoms with Crippen LogP contribution >= 0.6 is 0 Å². The summed E-state index contributed by atoms with van der Waals surface area (Å²) in [5.41, 5.74) is 2.93. The van der Waals surface area contributed by atoms with Crippen LogP contribution in [0.4, 0.5) is 14.5 Å². The molecule has 4 N–H and O–H groups in total. The Bertz CT molecular complexity index is 850. The van der Waals surface area contributed by atoms with E-state index in [1.807, 2.05) is 32.0 Å². The number of anilines is 1. The number of para-hydroxylation sites is 1. The third kappa shape index (κ3) is 5.60. The van der Waals surface area contributed by atoms with Crippen LogP contribution in [-0.4, -0.2) is 24.4 Å². The highest BCUT2D eigenvalue weighted by molar-refractivity contribution is 5.96. The number of quaternary nitrogens is 1. The van der Waals surface area contributed by atoms with E-state index in [4.69, 9.17) is 0 Å². The molecular formula is C21H26F2N3O2+. The van der Waals surface area contributed by atoms with E-state index in [1.165, 1.54) is 12.1 Å². The molecule has 0 bridgehead atoms. The topological polar surface area (TPSA) is 74.8 Å². The number of carbonyl (C=O) groups excluding carboxylic acids is 2. The fourth-order valence-corrected chi connectivity index (χ4v) is 3.02. The maximum absolute atomic E-state index is 13.9. The number of nitrogens with two attached hydrogens (primary N) is 1. The standard InChI is InChI=1S/C21H25F2N3O2/c1-12-6-5-7-13(2)20(12)26-19(27)11-24-21(28)15(4)25-14(3)17-9-8-16(22)10-18(17)23/h5-10,14-15,25H,11H2,1-4H3,(H,24,28)(H,26,27)/p+1/t14-,15+/m1/s1. The van der Waals surface area contributed by atoms with Crippen LogP contribution < -0.4 is 16.0 Å². The lowest BCUT2D eigenvalue weighted by Gasteiger charge is -2.17. The molecule has 2 aromatic rings. The Morgan fingerprint density at radius 3 is 2.32 bits per heavy atom. The maximum atomic E-state index is 13.9. The van der Waals surface area contributed by atoms with Crippen molar-refractivity contribution in [3.63, 3.8) is 0 Å². The Labute approximate surface area is 163 Å². The molecule has 0 heterocycles. The summed E-state index contributed by atoms with van der Waals surface area (Å²) in [6.45, 7) is 7.02. The van der Waals surface area contributed by atoms with E-state index >= 15 is 0 Å². The van der Waals surface area contributed by atoms with Crippen molar-refractivity contribution in [2.75, 3.05) is 11.9 Å². The van der Waals surface area contributed by atoms with Gasteiger partial charge in [-0.1, -0.05) is 18.2 Å². The lowest BCUT2D eigenvalue weighted by Crippen LogP contribution is -2.92. The first-order valence-electron chi connectivity index (χ1n) is 9.12. The van der Waals surface area contributed by atoms with Crippen molar-refractivity contribution in [3.8, 4) is 0 Å². The van der Waals surface area contributed by atoms with Crippen LogP contribution in [0.15, 0.2) is 36.4 Å². The SMILES string of the molecule is Cc1cccc(C)c1NC(=O)CNC(=O)[C@H](C)[NH2+][C@H](C)c1ccc(F)cc1F. The second-order valence-corrected chi connectivity index (χ2v) is 6.97. The molecule has 0 spiro atoms. The fourth-order valence-electron chi connectivity index (χ4n) is 3.02. The first-order chi connectivity index (χ1) is 13.2. The molecular weight excluding hydrogens is 364 g/mol. The third-order valence-electron chi connectivity index (χ3n) is 4.61. The molecule has 0 unspecified atom stereocenters. The van der Waals surface area contributed by atoms with E-state index in [2.05, 4.69) is 10.6 Å². The minimum Gasteiger partial charge on any atom is -0.342 e. The minimum atomic E-state index is -0.649. The van der Waals surface area contributed by atoms with Crippen molar-refractivity contribution < 1.29 is 23.7 Å². The quantitative estimate of drug-likeness (QED) is 0.679. The van der Waals surface area contributed by atoms with Crippen LogP contribution in [0.5, 0.6) is 0 Å². The molecule has 0 saturated heterocycles. The van der Waals surface area contributed by atoms with Crippen LogP contribution in [0.1, 0.15) is 36.6 Å². The van der Waals surface area contributed by atoms with Crippen molar-refractivity contribution in [2.24, 2.45) is 0 Å². The summed E-state index contributed by atoms with van der Waals surface area (Å²) in [7, 11) is 0. The van der Waals surface area contributed by atoms with Gasteiger partial charge in [0.2, 0.25) is 5.91 Å². The van der Waals surface area contributed by atoms with Crippen molar-refractivity contribution >= 4 is 17.5 Å². The highest BCUT2D eigenvalue weighted by Crippen LogP contribution is 2.19. The van der Waals surface area contributed by atoms with Gasteiger partial charge < -0.3 is 16.0 Å². The molecule has 0 aliphatic carbocycles. The molecule has 28 heavy (non-hydrogen) atoms. The Morgan fingerprint density at radius 1 is 1.07 bits per heavy atom. The molecule has 0 radical (unpaired) electrons. The molecule has 5 nitrogen and oxygen atoms in total. The van der Waals surface area contributed by atoms with Gasteiger partial charge in [0.1, 0.15) is 17.7 Å². The zero-order chi connectivity index (χ0) is 20.8. The highest BCUT2D eigenvalue weighted by atomic mass is 19.1. The van der Waals surface area contributed by atoms with Gasteiger partial charge in [-0.3, -0.25) is 9.59 Å². The van der Waals surface area contributed by atoms with Gasteiger partial charge in [0.25, 0.3) is 5.91 Å². The largest absolute Gasteiger partial charge is 0.342 e. The molecule has 7 heteroatoms. The predicted octanol–water partition coefficient (Wildman–Crippen LogP) is 2.35. The number of halogens is 2. The van der Waals surface area contributed by atoms with Crippen LogP contribution in [0.2, 0.25) is 0 Å². The molecule has 2 rings (SSSR count). The van der Waals surface area contributed by atoms with E-state index < -0.39 is 17.7 Å². The second kappa shape index (κ2) is 9.41. The van der Waals surface area contributed by atoms with Crippen LogP contribution in [0.25, 0.3) is 0 Å². The maximum Gasteiger partial charge on any atom is 0.278 e. The van der Waals surface area contributed by atoms with E-state index in [9.17, 15) is 18.4 Å². The lowest BCUT2D eigenvalue weighted by atomic mass is 10.1. The zero-order valence-electron chi connectivity index (χ0n) is 16.5. The Morgan fingerprint density at radius 2 is 1.71 bits per heavy atom. The highest BCUT2D eigenvalue weighted by Gasteiger charge is 2.22. The monoisotopic (exact) mass is 390 g/mol. The van der Waals surface area contributed by atoms with Gasteiger partial charge in [-0.05, 0) is 51.0 Å². The summed E-state index contributed by atoms with van der Waals surface area (Å²) in [4.78, 5) is 24.4. The molecule has 0 fully saturated rings. The number of aryl methyl sites for hydroxylation is 2. The van der Waals surface area contributed by atoms with Crippen molar-refractivity contribution in [3.05, 3.63) is 64.7 Å². The second-order valence-electron chi connectivity index (χ2n) is 6.97. The average molecular weight is 390 g/mol. The van der Waals surface area contributed by atoms with Gasteiger partial charge in [-0.15, -0.1) is 0 Å². The smallest absolute Gasteiger partial charge is 0.278 e. The number of benzene rings is 2. The number of hydrogen-bond donors (Lipinski definition) is 3. The van der Waals surface area contributed by atoms with Crippen molar-refractivity contribution in [2.45, 2.75) is 39.8 Å². The lowest BCUT2D eigenvalue weighted by molar-refractivity contribution is -0.710. The van der Waals surface area contributed by atoms with Gasteiger partial charge in [0, 0.05) is 17.3 Å². The summed E-state index contributed by atoms with van der Waals surface area (Å²) in [6, 6.07) is 8.15. The predicted molar refractivity (Wildman–Crippen MR) is 104 cm³/mol. The van der Waals surface area contributed by atoms with E-state index in [0.717, 1.165) is 22.9 Å². The third-order valence-corrected chi connectivity index (χ3v) is 4.61. The summed E-state index contributed by atoms with van der Waals surface area (Å²) < 4.78 is 26.9. The molecule has 150 valence electrons. The van der Waals surface area contributed by atoms with Gasteiger partial charge in [0.05, 0.1) is 6.54 Å². The zero-order valence-corrected chi connectivity index (χ0v) is 16.5. The number of carbonyl (C=O) groups is 2. The molecule has 2 amide bonds. The summed E-state index contributed by atoms with van der Waals surface area (Å²) in [5, 5.41) is 7.05. The van der Waals surface area contributed by atoms with Gasteiger partial charge in [-0.2, -0.15) is 0 Å². The molecule has 0 aliphatic rings. The summed E-state index contributed by atoms with van der Waals surface area (Å²) in [5.74, 6) is -1.96. The molecule has 0 aromatic heterocycles. The van der Waals surface area contributed by atoms with Crippen molar-refractivity contribution in [1.82, 2.24) is 5.32 Å². The Balaban J connectivity index is 1.87. The Hall–Kier alpha value is -2.80. The average Bonchev–Trinajstić information content (AvgIpc) is 2.62. The Kier molecular flexibility index (Phi) is 7.23. The van der Waals surface area contributed by atoms with Crippen molar-refractivity contribution in [1.29, 1.82) is 0 Å². The fraction of sp³-hybridized carbons (Fsp3) is 0.333. The van der Waals surface area contributed by atoms with E-state index in [-0.39, 0.29) is 24.4 Å². The molecule has 2 aromatic carbocycles. The van der Waals surface area contributed by atoms with E-state index in [1.54, 1.807) is 19.2 Å². The van der Waals surface area contributed by atoms with Gasteiger partial charge >= 0.3 is 0 Å². The number of nitrogens with one attached hydrogen (secondary N) is 2. The summed E-state index contributed by atoms with van der Waals surface area (Å²) in [6.07, 6.45) is 0. The summed E-state index contributed by atoms with van der Waals surface area (Å²) >= 11 is 0. The first kappa shape index (κ1) is 21.5. The first-order valence-corrected chi connectivity index (χ1v) is 9.12. The van der Waals surface area contributed by atoms with Crippen LogP contribution in [-0.2, 0) is 9.59 Å². The van der Waals surface area contributed by atoms with Crippen LogP contribution in [0.3, 0.4) is 0 Å². The van der Waals surface area contributed by atoms with E-state index in [0.29, 0.717) is 5.56 Å². The molecule has 0 aliphatic heterocycles. The molecule has 0 saturated carbocycles. The van der Waals surface area contributed by atoms with Gasteiger partial charge in [0.15, 0.2) is 6.04 Å². The normalized spacial score (nSPS) is 12.9. The van der Waals surface area contributed by atoms with Gasteiger partial charge in [-0.25, -0.2) is 8.78 Å². The number of rotatable bonds is 7. The number of hydrogen-bond acceptors (Lipinski definition) is 2. The van der Waals surface area contributed by atoms with Crippen LogP contribution in [0, 0.1) is 25.5 Å². The number of amides is 2. The molecule has 2 atom stereocenters. The minimum absolute atomic E-state index is 0.163.